The standard InChI is InChI=1S/C18H21NO3/c1-11-9-14(15(18(21)22)10-12(11)2)17(20)19-8-7-13-5-3-4-6-16(13)19/h3-6,14-15H,7-10H2,1-2H3,(H,21,22)/t14-,15-/m1/s1. The quantitative estimate of drug-likeness (QED) is 0.854. The number of rotatable bonds is 2. The molecule has 1 aliphatic carbocycles. The van der Waals surface area contributed by atoms with Crippen molar-refractivity contribution >= 4 is 17.6 Å². The first-order valence-corrected chi connectivity index (χ1v) is 7.76. The Labute approximate surface area is 130 Å². The topological polar surface area (TPSA) is 57.6 Å². The van der Waals surface area contributed by atoms with Gasteiger partial charge in [0.05, 0.1) is 11.8 Å². The summed E-state index contributed by atoms with van der Waals surface area (Å²) in [7, 11) is 0. The summed E-state index contributed by atoms with van der Waals surface area (Å²) < 4.78 is 0. The van der Waals surface area contributed by atoms with Crippen LogP contribution in [0.2, 0.25) is 0 Å². The summed E-state index contributed by atoms with van der Waals surface area (Å²) in [4.78, 5) is 26.3. The fraction of sp³-hybridized carbons (Fsp3) is 0.444. The van der Waals surface area contributed by atoms with Crippen LogP contribution in [0.3, 0.4) is 0 Å². The van der Waals surface area contributed by atoms with Crippen molar-refractivity contribution in [1.29, 1.82) is 0 Å². The number of carbonyl (C=O) groups excluding carboxylic acids is 1. The van der Waals surface area contributed by atoms with Gasteiger partial charge in [-0.1, -0.05) is 29.3 Å². The number of carbonyl (C=O) groups is 2. The van der Waals surface area contributed by atoms with Gasteiger partial charge in [-0.2, -0.15) is 0 Å². The highest BCUT2D eigenvalue weighted by Gasteiger charge is 2.40. The van der Waals surface area contributed by atoms with Gasteiger partial charge in [0.25, 0.3) is 0 Å². The highest BCUT2D eigenvalue weighted by atomic mass is 16.4. The molecule has 1 amide bonds. The predicted molar refractivity (Wildman–Crippen MR) is 84.7 cm³/mol. The molecule has 1 aromatic rings. The van der Waals surface area contributed by atoms with Gasteiger partial charge in [-0.05, 0) is 44.7 Å². The Bertz CT molecular complexity index is 662. The highest BCUT2D eigenvalue weighted by molar-refractivity contribution is 5.99. The van der Waals surface area contributed by atoms with E-state index in [1.54, 1.807) is 4.90 Å². The van der Waals surface area contributed by atoms with Crippen molar-refractivity contribution < 1.29 is 14.7 Å². The highest BCUT2D eigenvalue weighted by Crippen LogP contribution is 2.38. The fourth-order valence-corrected chi connectivity index (χ4v) is 3.58. The smallest absolute Gasteiger partial charge is 0.307 e. The van der Waals surface area contributed by atoms with E-state index in [1.165, 1.54) is 5.56 Å². The van der Waals surface area contributed by atoms with Gasteiger partial charge in [0.1, 0.15) is 0 Å². The Morgan fingerprint density at radius 2 is 1.73 bits per heavy atom. The molecule has 4 nitrogen and oxygen atoms in total. The summed E-state index contributed by atoms with van der Waals surface area (Å²) in [6.45, 7) is 4.63. The molecular formula is C18H21NO3. The molecule has 3 rings (SSSR count). The molecule has 0 unspecified atom stereocenters. The zero-order chi connectivity index (χ0) is 15.9. The summed E-state index contributed by atoms with van der Waals surface area (Å²) >= 11 is 0. The van der Waals surface area contributed by atoms with E-state index in [4.69, 9.17) is 0 Å². The Kier molecular flexibility index (Phi) is 3.77. The molecule has 0 aromatic heterocycles. The van der Waals surface area contributed by atoms with Crippen molar-refractivity contribution in [1.82, 2.24) is 0 Å². The molecule has 0 fully saturated rings. The number of amides is 1. The van der Waals surface area contributed by atoms with Crippen molar-refractivity contribution in [2.24, 2.45) is 11.8 Å². The maximum atomic E-state index is 13.0. The molecule has 1 aromatic carbocycles. The first-order valence-electron chi connectivity index (χ1n) is 7.76. The largest absolute Gasteiger partial charge is 0.481 e. The molecule has 1 N–H and O–H groups in total. The third-order valence-electron chi connectivity index (χ3n) is 5.05. The van der Waals surface area contributed by atoms with Crippen LogP contribution in [0.15, 0.2) is 35.4 Å². The van der Waals surface area contributed by atoms with Crippen molar-refractivity contribution in [3.05, 3.63) is 41.0 Å². The molecule has 0 saturated carbocycles. The zero-order valence-electron chi connectivity index (χ0n) is 13.0. The number of carboxylic acid groups (broad SMARTS) is 1. The molecule has 0 radical (unpaired) electrons. The van der Waals surface area contributed by atoms with Crippen LogP contribution in [0.25, 0.3) is 0 Å². The number of benzene rings is 1. The van der Waals surface area contributed by atoms with Crippen molar-refractivity contribution in [2.45, 2.75) is 33.1 Å². The maximum absolute atomic E-state index is 13.0. The first-order chi connectivity index (χ1) is 10.5. The number of fused-ring (bicyclic) bond motifs is 1. The third-order valence-corrected chi connectivity index (χ3v) is 5.05. The molecule has 2 aliphatic rings. The zero-order valence-corrected chi connectivity index (χ0v) is 13.0. The second-order valence-electron chi connectivity index (χ2n) is 6.39. The Balaban J connectivity index is 1.90. The van der Waals surface area contributed by atoms with E-state index in [9.17, 15) is 14.7 Å². The number of carboxylic acids is 1. The summed E-state index contributed by atoms with van der Waals surface area (Å²) in [5.41, 5.74) is 4.38. The molecule has 1 aliphatic heterocycles. The summed E-state index contributed by atoms with van der Waals surface area (Å²) in [5, 5.41) is 9.51. The lowest BCUT2D eigenvalue weighted by molar-refractivity contribution is -0.147. The number of hydrogen-bond donors (Lipinski definition) is 1. The van der Waals surface area contributed by atoms with Crippen LogP contribution in [0.1, 0.15) is 32.3 Å². The lowest BCUT2D eigenvalue weighted by atomic mass is 9.76. The van der Waals surface area contributed by atoms with Gasteiger partial charge < -0.3 is 10.0 Å². The van der Waals surface area contributed by atoms with E-state index in [-0.39, 0.29) is 5.91 Å². The lowest BCUT2D eigenvalue weighted by Gasteiger charge is -2.32. The lowest BCUT2D eigenvalue weighted by Crippen LogP contribution is -2.42. The van der Waals surface area contributed by atoms with Crippen molar-refractivity contribution in [2.75, 3.05) is 11.4 Å². The summed E-state index contributed by atoms with van der Waals surface area (Å²) in [6.07, 6.45) is 1.88. The molecule has 0 bridgehead atoms. The van der Waals surface area contributed by atoms with Crippen LogP contribution in [0.5, 0.6) is 0 Å². The van der Waals surface area contributed by atoms with Gasteiger partial charge in [0.15, 0.2) is 0 Å². The van der Waals surface area contributed by atoms with E-state index < -0.39 is 17.8 Å². The van der Waals surface area contributed by atoms with E-state index in [0.717, 1.165) is 23.3 Å². The SMILES string of the molecule is CC1=C(C)C[C@@H](C(=O)N2CCc3ccccc32)[C@H](C(=O)O)C1. The molecule has 22 heavy (non-hydrogen) atoms. The summed E-state index contributed by atoms with van der Waals surface area (Å²) in [5.74, 6) is -1.96. The van der Waals surface area contributed by atoms with Gasteiger partial charge in [-0.15, -0.1) is 0 Å². The van der Waals surface area contributed by atoms with Gasteiger partial charge in [-0.25, -0.2) is 0 Å². The summed E-state index contributed by atoms with van der Waals surface area (Å²) in [6, 6.07) is 7.89. The molecule has 4 heteroatoms. The Morgan fingerprint density at radius 3 is 2.41 bits per heavy atom. The molecular weight excluding hydrogens is 278 g/mol. The molecule has 0 saturated heterocycles. The Morgan fingerprint density at radius 1 is 1.09 bits per heavy atom. The number of nitrogens with zero attached hydrogens (tertiary/aromatic N) is 1. The van der Waals surface area contributed by atoms with Crippen LogP contribution in [0.4, 0.5) is 5.69 Å². The number of hydrogen-bond acceptors (Lipinski definition) is 2. The average molecular weight is 299 g/mol. The van der Waals surface area contributed by atoms with E-state index in [0.29, 0.717) is 19.4 Å². The van der Waals surface area contributed by atoms with E-state index in [2.05, 4.69) is 0 Å². The predicted octanol–water partition coefficient (Wildman–Crippen LogP) is 3.02. The molecule has 116 valence electrons. The van der Waals surface area contributed by atoms with Crippen LogP contribution in [0, 0.1) is 11.8 Å². The second-order valence-corrected chi connectivity index (χ2v) is 6.39. The minimum absolute atomic E-state index is 0.0378. The van der Waals surface area contributed by atoms with Crippen LogP contribution >= 0.6 is 0 Å². The molecule has 1 heterocycles. The first kappa shape index (κ1) is 14.8. The van der Waals surface area contributed by atoms with E-state index >= 15 is 0 Å². The average Bonchev–Trinajstić information content (AvgIpc) is 2.92. The van der Waals surface area contributed by atoms with Gasteiger partial charge in [-0.3, -0.25) is 9.59 Å². The van der Waals surface area contributed by atoms with Crippen LogP contribution in [-0.4, -0.2) is 23.5 Å². The van der Waals surface area contributed by atoms with Gasteiger partial charge >= 0.3 is 5.97 Å². The number of aliphatic carboxylic acids is 1. The molecule has 2 atom stereocenters. The van der Waals surface area contributed by atoms with Crippen molar-refractivity contribution in [3.8, 4) is 0 Å². The van der Waals surface area contributed by atoms with E-state index in [1.807, 2.05) is 38.1 Å². The number of para-hydroxylation sites is 1. The monoisotopic (exact) mass is 299 g/mol. The van der Waals surface area contributed by atoms with Gasteiger partial charge in [0.2, 0.25) is 5.91 Å². The number of allylic oxidation sites excluding steroid dienone is 2. The van der Waals surface area contributed by atoms with Crippen LogP contribution in [-0.2, 0) is 16.0 Å². The molecule has 0 spiro atoms. The fourth-order valence-electron chi connectivity index (χ4n) is 3.58. The normalized spacial score (nSPS) is 24.4. The minimum Gasteiger partial charge on any atom is -0.481 e. The maximum Gasteiger partial charge on any atom is 0.307 e. The Hall–Kier alpha value is -2.10. The second kappa shape index (κ2) is 5.59. The van der Waals surface area contributed by atoms with Crippen molar-refractivity contribution in [3.63, 3.8) is 0 Å². The number of anilines is 1. The van der Waals surface area contributed by atoms with Gasteiger partial charge in [0, 0.05) is 12.2 Å². The third kappa shape index (κ3) is 2.43. The minimum atomic E-state index is -0.863. The van der Waals surface area contributed by atoms with Crippen LogP contribution < -0.4 is 4.90 Å².